The summed E-state index contributed by atoms with van der Waals surface area (Å²) in [6.45, 7) is 13.1. The Bertz CT molecular complexity index is 218. The number of aliphatic imine (C=N–C) groups is 1. The second-order valence-corrected chi connectivity index (χ2v) is 5.56. The minimum atomic E-state index is 0.348. The summed E-state index contributed by atoms with van der Waals surface area (Å²) in [4.78, 5) is 4.35. The van der Waals surface area contributed by atoms with E-state index in [9.17, 15) is 0 Å². The highest BCUT2D eigenvalue weighted by atomic mass is 14.7. The zero-order valence-electron chi connectivity index (χ0n) is 11.2. The lowest BCUT2D eigenvalue weighted by molar-refractivity contribution is 0.408. The number of rotatable bonds is 6. The van der Waals surface area contributed by atoms with Crippen LogP contribution < -0.4 is 0 Å². The summed E-state index contributed by atoms with van der Waals surface area (Å²) in [5.41, 5.74) is 2.98. The highest BCUT2D eigenvalue weighted by Crippen LogP contribution is 2.25. The lowest BCUT2D eigenvalue weighted by Gasteiger charge is -2.20. The average Bonchev–Trinajstić information content (AvgIpc) is 2.09. The van der Waals surface area contributed by atoms with E-state index >= 15 is 0 Å². The molecule has 0 aliphatic carbocycles. The molecule has 0 radical (unpaired) electrons. The maximum absolute atomic E-state index is 4.35. The number of hydrogen-bond acceptors (Lipinski definition) is 1. The van der Waals surface area contributed by atoms with Gasteiger partial charge in [0.05, 0.1) is 0 Å². The van der Waals surface area contributed by atoms with E-state index in [4.69, 9.17) is 0 Å². The molecule has 15 heavy (non-hydrogen) atoms. The van der Waals surface area contributed by atoms with E-state index < -0.39 is 0 Å². The molecule has 0 aliphatic rings. The van der Waals surface area contributed by atoms with Crippen molar-refractivity contribution in [1.29, 1.82) is 0 Å². The molecule has 0 aromatic rings. The van der Waals surface area contributed by atoms with E-state index in [0.29, 0.717) is 5.41 Å². The van der Waals surface area contributed by atoms with Gasteiger partial charge in [-0.05, 0) is 24.7 Å². The van der Waals surface area contributed by atoms with Crippen LogP contribution in [0.4, 0.5) is 0 Å². The van der Waals surface area contributed by atoms with Crippen molar-refractivity contribution >= 4 is 5.71 Å². The van der Waals surface area contributed by atoms with Crippen LogP contribution in [-0.2, 0) is 0 Å². The molecule has 0 heterocycles. The standard InChI is InChI=1S/C14H27N/c1-7-8-9-13(15-6)10-12(2)11-14(3,4)5/h2,7-11H2,1,3-6H3. The van der Waals surface area contributed by atoms with Gasteiger partial charge < -0.3 is 0 Å². The van der Waals surface area contributed by atoms with Crippen molar-refractivity contribution in [3.05, 3.63) is 12.2 Å². The fourth-order valence-corrected chi connectivity index (χ4v) is 1.76. The first-order valence-corrected chi connectivity index (χ1v) is 6.00. The van der Waals surface area contributed by atoms with E-state index in [0.717, 1.165) is 19.3 Å². The third-order valence-corrected chi connectivity index (χ3v) is 2.37. The molecular formula is C14H27N. The SMILES string of the molecule is C=C(CC(CCCC)=NC)CC(C)(C)C. The van der Waals surface area contributed by atoms with Crippen molar-refractivity contribution in [2.75, 3.05) is 7.05 Å². The van der Waals surface area contributed by atoms with Gasteiger partial charge in [0.1, 0.15) is 0 Å². The smallest absolute Gasteiger partial charge is 0.0276 e. The zero-order valence-corrected chi connectivity index (χ0v) is 11.2. The summed E-state index contributed by atoms with van der Waals surface area (Å²) >= 11 is 0. The first-order chi connectivity index (χ1) is 6.89. The fourth-order valence-electron chi connectivity index (χ4n) is 1.76. The predicted octanol–water partition coefficient (Wildman–Crippen LogP) is 4.63. The molecule has 0 aromatic carbocycles. The summed E-state index contributed by atoms with van der Waals surface area (Å²) in [5, 5.41) is 0. The number of nitrogens with zero attached hydrogens (tertiary/aromatic N) is 1. The van der Waals surface area contributed by atoms with Crippen molar-refractivity contribution in [2.45, 2.75) is 59.8 Å². The highest BCUT2D eigenvalue weighted by Gasteiger charge is 2.12. The molecular weight excluding hydrogens is 182 g/mol. The highest BCUT2D eigenvalue weighted by molar-refractivity contribution is 5.86. The minimum Gasteiger partial charge on any atom is -0.297 e. The normalized spacial score (nSPS) is 13.0. The maximum atomic E-state index is 4.35. The monoisotopic (exact) mass is 209 g/mol. The van der Waals surface area contributed by atoms with Crippen LogP contribution >= 0.6 is 0 Å². The number of hydrogen-bond donors (Lipinski definition) is 0. The minimum absolute atomic E-state index is 0.348. The number of unbranched alkanes of at least 4 members (excludes halogenated alkanes) is 1. The van der Waals surface area contributed by atoms with E-state index in [2.05, 4.69) is 39.3 Å². The van der Waals surface area contributed by atoms with Crippen LogP contribution in [0.25, 0.3) is 0 Å². The van der Waals surface area contributed by atoms with Gasteiger partial charge in [0.2, 0.25) is 0 Å². The lowest BCUT2D eigenvalue weighted by Crippen LogP contribution is -2.09. The zero-order chi connectivity index (χ0) is 11.9. The summed E-state index contributed by atoms with van der Waals surface area (Å²) in [7, 11) is 1.90. The largest absolute Gasteiger partial charge is 0.297 e. The first-order valence-electron chi connectivity index (χ1n) is 6.00. The van der Waals surface area contributed by atoms with Gasteiger partial charge in [-0.25, -0.2) is 0 Å². The Kier molecular flexibility index (Phi) is 6.55. The second-order valence-electron chi connectivity index (χ2n) is 5.56. The van der Waals surface area contributed by atoms with Crippen LogP contribution in [0.2, 0.25) is 0 Å². The third kappa shape index (κ3) is 8.41. The van der Waals surface area contributed by atoms with Crippen LogP contribution in [0.3, 0.4) is 0 Å². The van der Waals surface area contributed by atoms with Crippen LogP contribution in [0, 0.1) is 5.41 Å². The van der Waals surface area contributed by atoms with Gasteiger partial charge in [-0.15, -0.1) is 0 Å². The Hall–Kier alpha value is -0.590. The Morgan fingerprint density at radius 3 is 2.27 bits per heavy atom. The molecule has 88 valence electrons. The topological polar surface area (TPSA) is 12.4 Å². The molecule has 0 spiro atoms. The lowest BCUT2D eigenvalue weighted by atomic mass is 9.86. The number of allylic oxidation sites excluding steroid dienone is 1. The van der Waals surface area contributed by atoms with Crippen LogP contribution in [0.5, 0.6) is 0 Å². The molecule has 1 heteroatoms. The predicted molar refractivity (Wildman–Crippen MR) is 70.7 cm³/mol. The summed E-state index contributed by atoms with van der Waals surface area (Å²) in [6.07, 6.45) is 5.71. The molecule has 0 bridgehead atoms. The summed E-state index contributed by atoms with van der Waals surface area (Å²) in [5.74, 6) is 0. The quantitative estimate of drug-likeness (QED) is 0.447. The molecule has 0 atom stereocenters. The summed E-state index contributed by atoms with van der Waals surface area (Å²) < 4.78 is 0. The van der Waals surface area contributed by atoms with Gasteiger partial charge >= 0.3 is 0 Å². The maximum Gasteiger partial charge on any atom is 0.0276 e. The Labute approximate surface area is 95.7 Å². The van der Waals surface area contributed by atoms with Crippen molar-refractivity contribution in [2.24, 2.45) is 10.4 Å². The molecule has 0 rings (SSSR count). The van der Waals surface area contributed by atoms with Crippen LogP contribution in [0.1, 0.15) is 59.8 Å². The summed E-state index contributed by atoms with van der Waals surface area (Å²) in [6, 6.07) is 0. The van der Waals surface area contributed by atoms with Crippen molar-refractivity contribution in [3.63, 3.8) is 0 Å². The molecule has 1 nitrogen and oxygen atoms in total. The van der Waals surface area contributed by atoms with Crippen molar-refractivity contribution in [3.8, 4) is 0 Å². The van der Waals surface area contributed by atoms with Crippen LogP contribution in [-0.4, -0.2) is 12.8 Å². The first kappa shape index (κ1) is 14.4. The van der Waals surface area contributed by atoms with Crippen molar-refractivity contribution < 1.29 is 0 Å². The van der Waals surface area contributed by atoms with Crippen LogP contribution in [0.15, 0.2) is 17.1 Å². The Morgan fingerprint density at radius 1 is 1.27 bits per heavy atom. The Balaban J connectivity index is 4.03. The second kappa shape index (κ2) is 6.81. The molecule has 0 N–H and O–H groups in total. The molecule has 0 saturated carbocycles. The third-order valence-electron chi connectivity index (χ3n) is 2.37. The molecule has 0 unspecified atom stereocenters. The van der Waals surface area contributed by atoms with Gasteiger partial charge in [-0.3, -0.25) is 4.99 Å². The van der Waals surface area contributed by atoms with Crippen molar-refractivity contribution in [1.82, 2.24) is 0 Å². The van der Waals surface area contributed by atoms with E-state index in [1.807, 2.05) is 7.05 Å². The molecule has 0 fully saturated rings. The van der Waals surface area contributed by atoms with E-state index in [-0.39, 0.29) is 0 Å². The van der Waals surface area contributed by atoms with Gasteiger partial charge in [0, 0.05) is 19.2 Å². The molecule has 0 aliphatic heterocycles. The van der Waals surface area contributed by atoms with Gasteiger partial charge in [0.25, 0.3) is 0 Å². The van der Waals surface area contributed by atoms with Gasteiger partial charge in [0.15, 0.2) is 0 Å². The van der Waals surface area contributed by atoms with Gasteiger partial charge in [-0.1, -0.05) is 46.3 Å². The van der Waals surface area contributed by atoms with Gasteiger partial charge in [-0.2, -0.15) is 0 Å². The van der Waals surface area contributed by atoms with E-state index in [1.165, 1.54) is 24.1 Å². The van der Waals surface area contributed by atoms with E-state index in [1.54, 1.807) is 0 Å². The fraction of sp³-hybridized carbons (Fsp3) is 0.786. The molecule has 0 aromatic heterocycles. The molecule has 0 amide bonds. The molecule has 0 saturated heterocycles. The Morgan fingerprint density at radius 2 is 1.87 bits per heavy atom. The average molecular weight is 209 g/mol.